The Morgan fingerprint density at radius 2 is 2.25 bits per heavy atom. The molecule has 86 valence electrons. The quantitative estimate of drug-likeness (QED) is 0.367. The summed E-state index contributed by atoms with van der Waals surface area (Å²) in [5.41, 5.74) is 7.25. The lowest BCUT2D eigenvalue weighted by atomic mass is 10.1. The highest BCUT2D eigenvalue weighted by Crippen LogP contribution is 2.33. The van der Waals surface area contributed by atoms with Gasteiger partial charge in [-0.1, -0.05) is 16.8 Å². The van der Waals surface area contributed by atoms with E-state index < -0.39 is 0 Å². The molecule has 1 fully saturated rings. The topological polar surface area (TPSA) is 61.8 Å². The van der Waals surface area contributed by atoms with Crippen molar-refractivity contribution >= 4 is 23.1 Å². The van der Waals surface area contributed by atoms with E-state index in [0.717, 1.165) is 5.69 Å². The van der Waals surface area contributed by atoms with Gasteiger partial charge in [-0.3, -0.25) is 0 Å². The van der Waals surface area contributed by atoms with Crippen LogP contribution < -0.4 is 10.6 Å². The fourth-order valence-corrected chi connectivity index (χ4v) is 1.91. The summed E-state index contributed by atoms with van der Waals surface area (Å²) in [4.78, 5) is 2.14. The second kappa shape index (κ2) is 4.22. The second-order valence-electron chi connectivity index (χ2n) is 3.99. The SMILES string of the molecule is CN(c1ccc(Cl)cc1C(N)=NO)C1CC1. The number of rotatable bonds is 3. The van der Waals surface area contributed by atoms with Crippen molar-refractivity contribution in [2.45, 2.75) is 18.9 Å². The number of benzene rings is 1. The van der Waals surface area contributed by atoms with Gasteiger partial charge in [-0.25, -0.2) is 0 Å². The van der Waals surface area contributed by atoms with Gasteiger partial charge in [-0.15, -0.1) is 0 Å². The second-order valence-corrected chi connectivity index (χ2v) is 4.43. The molecule has 0 aromatic heterocycles. The first kappa shape index (κ1) is 11.1. The Hall–Kier alpha value is -1.42. The van der Waals surface area contributed by atoms with E-state index in [4.69, 9.17) is 22.5 Å². The molecule has 0 saturated heterocycles. The van der Waals surface area contributed by atoms with E-state index in [9.17, 15) is 0 Å². The average Bonchev–Trinajstić information content (AvgIpc) is 3.11. The molecule has 0 spiro atoms. The molecular weight excluding hydrogens is 226 g/mol. The van der Waals surface area contributed by atoms with Gasteiger partial charge < -0.3 is 15.8 Å². The average molecular weight is 240 g/mol. The van der Waals surface area contributed by atoms with Crippen LogP contribution in [-0.4, -0.2) is 24.1 Å². The van der Waals surface area contributed by atoms with Gasteiger partial charge in [0.25, 0.3) is 0 Å². The van der Waals surface area contributed by atoms with Crippen LogP contribution in [0.25, 0.3) is 0 Å². The number of halogens is 1. The number of hydrogen-bond acceptors (Lipinski definition) is 3. The van der Waals surface area contributed by atoms with E-state index in [1.807, 2.05) is 19.2 Å². The highest BCUT2D eigenvalue weighted by atomic mass is 35.5. The zero-order chi connectivity index (χ0) is 11.7. The Morgan fingerprint density at radius 3 is 2.81 bits per heavy atom. The third-order valence-corrected chi connectivity index (χ3v) is 3.05. The molecule has 5 heteroatoms. The van der Waals surface area contributed by atoms with Crippen LogP contribution in [0, 0.1) is 0 Å². The molecule has 0 atom stereocenters. The van der Waals surface area contributed by atoms with E-state index >= 15 is 0 Å². The van der Waals surface area contributed by atoms with Crippen molar-refractivity contribution in [1.82, 2.24) is 0 Å². The van der Waals surface area contributed by atoms with Crippen LogP contribution in [0.15, 0.2) is 23.4 Å². The van der Waals surface area contributed by atoms with Gasteiger partial charge in [0.05, 0.1) is 0 Å². The van der Waals surface area contributed by atoms with Gasteiger partial charge in [0.15, 0.2) is 5.84 Å². The fraction of sp³-hybridized carbons (Fsp3) is 0.364. The number of hydrogen-bond donors (Lipinski definition) is 2. The van der Waals surface area contributed by atoms with E-state index in [-0.39, 0.29) is 5.84 Å². The van der Waals surface area contributed by atoms with Crippen LogP contribution in [0.3, 0.4) is 0 Å². The lowest BCUT2D eigenvalue weighted by Crippen LogP contribution is -2.24. The van der Waals surface area contributed by atoms with Crippen LogP contribution in [0.1, 0.15) is 18.4 Å². The summed E-state index contributed by atoms with van der Waals surface area (Å²) in [5.74, 6) is 0.0880. The number of nitrogens with zero attached hydrogens (tertiary/aromatic N) is 2. The molecule has 1 aliphatic rings. The molecular formula is C11H14ClN3O. The molecule has 4 nitrogen and oxygen atoms in total. The summed E-state index contributed by atoms with van der Waals surface area (Å²) in [6, 6.07) is 5.98. The van der Waals surface area contributed by atoms with Crippen LogP contribution in [-0.2, 0) is 0 Å². The maximum Gasteiger partial charge on any atom is 0.172 e. The Morgan fingerprint density at radius 1 is 1.56 bits per heavy atom. The predicted octanol–water partition coefficient (Wildman–Crippen LogP) is 2.03. The molecule has 3 N–H and O–H groups in total. The summed E-state index contributed by atoms with van der Waals surface area (Å²) in [6.07, 6.45) is 2.38. The Kier molecular flexibility index (Phi) is 2.92. The van der Waals surface area contributed by atoms with Gasteiger partial charge in [0.2, 0.25) is 0 Å². The summed E-state index contributed by atoms with van der Waals surface area (Å²) in [5, 5.41) is 12.4. The van der Waals surface area contributed by atoms with E-state index in [2.05, 4.69) is 10.1 Å². The molecule has 2 rings (SSSR count). The highest BCUT2D eigenvalue weighted by molar-refractivity contribution is 6.31. The molecule has 16 heavy (non-hydrogen) atoms. The van der Waals surface area contributed by atoms with Crippen molar-refractivity contribution in [2.24, 2.45) is 10.9 Å². The minimum absolute atomic E-state index is 0.0880. The zero-order valence-corrected chi connectivity index (χ0v) is 9.78. The number of oxime groups is 1. The fourth-order valence-electron chi connectivity index (χ4n) is 1.73. The van der Waals surface area contributed by atoms with Crippen molar-refractivity contribution in [3.05, 3.63) is 28.8 Å². The predicted molar refractivity (Wildman–Crippen MR) is 65.4 cm³/mol. The maximum atomic E-state index is 8.74. The maximum absolute atomic E-state index is 8.74. The largest absolute Gasteiger partial charge is 0.409 e. The van der Waals surface area contributed by atoms with Crippen LogP contribution >= 0.6 is 11.6 Å². The van der Waals surface area contributed by atoms with E-state index in [1.165, 1.54) is 12.8 Å². The van der Waals surface area contributed by atoms with Crippen LogP contribution in [0.5, 0.6) is 0 Å². The van der Waals surface area contributed by atoms with Gasteiger partial charge in [0.1, 0.15) is 0 Å². The van der Waals surface area contributed by atoms with Crippen molar-refractivity contribution < 1.29 is 5.21 Å². The minimum Gasteiger partial charge on any atom is -0.409 e. The molecule has 1 aromatic rings. The Balaban J connectivity index is 2.42. The van der Waals surface area contributed by atoms with Gasteiger partial charge in [-0.2, -0.15) is 0 Å². The third-order valence-electron chi connectivity index (χ3n) is 2.82. The highest BCUT2D eigenvalue weighted by Gasteiger charge is 2.28. The molecule has 1 aromatic carbocycles. The van der Waals surface area contributed by atoms with E-state index in [0.29, 0.717) is 16.6 Å². The number of anilines is 1. The lowest BCUT2D eigenvalue weighted by Gasteiger charge is -2.21. The first-order valence-corrected chi connectivity index (χ1v) is 5.51. The smallest absolute Gasteiger partial charge is 0.172 e. The molecule has 0 bridgehead atoms. The van der Waals surface area contributed by atoms with Crippen molar-refractivity contribution in [3.63, 3.8) is 0 Å². The number of amidine groups is 1. The standard InChI is InChI=1S/C11H14ClN3O/c1-15(8-3-4-8)10-5-2-7(12)6-9(10)11(13)14-16/h2,5-6,8,16H,3-4H2,1H3,(H2,13,14). The van der Waals surface area contributed by atoms with Gasteiger partial charge in [-0.05, 0) is 31.0 Å². The number of nitrogens with two attached hydrogens (primary N) is 1. The third kappa shape index (κ3) is 2.07. The summed E-state index contributed by atoms with van der Waals surface area (Å²) < 4.78 is 0. The monoisotopic (exact) mass is 239 g/mol. The molecule has 1 saturated carbocycles. The molecule has 0 aliphatic heterocycles. The van der Waals surface area contributed by atoms with Crippen molar-refractivity contribution in [1.29, 1.82) is 0 Å². The molecule has 0 radical (unpaired) electrons. The summed E-state index contributed by atoms with van der Waals surface area (Å²) in [6.45, 7) is 0. The lowest BCUT2D eigenvalue weighted by molar-refractivity contribution is 0.318. The summed E-state index contributed by atoms with van der Waals surface area (Å²) in [7, 11) is 2.01. The first-order valence-electron chi connectivity index (χ1n) is 5.13. The van der Waals surface area contributed by atoms with Gasteiger partial charge >= 0.3 is 0 Å². The van der Waals surface area contributed by atoms with Crippen molar-refractivity contribution in [3.8, 4) is 0 Å². The van der Waals surface area contributed by atoms with Crippen LogP contribution in [0.2, 0.25) is 5.02 Å². The van der Waals surface area contributed by atoms with Crippen molar-refractivity contribution in [2.75, 3.05) is 11.9 Å². The van der Waals surface area contributed by atoms with Gasteiger partial charge in [0, 0.05) is 29.4 Å². The normalized spacial score (nSPS) is 16.2. The first-order chi connectivity index (χ1) is 7.63. The molecule has 0 heterocycles. The molecule has 1 aliphatic carbocycles. The van der Waals surface area contributed by atoms with E-state index in [1.54, 1.807) is 6.07 Å². The molecule has 0 unspecified atom stereocenters. The Bertz CT molecular complexity index is 429. The summed E-state index contributed by atoms with van der Waals surface area (Å²) >= 11 is 5.91. The van der Waals surface area contributed by atoms with Crippen LogP contribution in [0.4, 0.5) is 5.69 Å². The minimum atomic E-state index is 0.0880. The zero-order valence-electron chi connectivity index (χ0n) is 9.02. The Labute approximate surface area is 99.3 Å². The molecule has 0 amide bonds.